The molecule has 0 unspecified atom stereocenters. The number of aromatic nitrogens is 2. The summed E-state index contributed by atoms with van der Waals surface area (Å²) in [5, 5.41) is 10.00. The first-order valence-electron chi connectivity index (χ1n) is 10.8. The van der Waals surface area contributed by atoms with Crippen LogP contribution in [0.1, 0.15) is 52.5 Å². The van der Waals surface area contributed by atoms with Gasteiger partial charge >= 0.3 is 0 Å². The molecule has 1 aliphatic carbocycles. The second kappa shape index (κ2) is 9.60. The first kappa shape index (κ1) is 21.5. The van der Waals surface area contributed by atoms with Crippen molar-refractivity contribution in [2.45, 2.75) is 45.2 Å². The van der Waals surface area contributed by atoms with E-state index in [9.17, 15) is 14.4 Å². The first-order valence-corrected chi connectivity index (χ1v) is 10.8. The van der Waals surface area contributed by atoms with Crippen LogP contribution in [0.15, 0.2) is 65.5 Å². The lowest BCUT2D eigenvalue weighted by Gasteiger charge is -2.26. The van der Waals surface area contributed by atoms with Gasteiger partial charge in [0.2, 0.25) is 5.91 Å². The van der Waals surface area contributed by atoms with Crippen LogP contribution in [0.3, 0.4) is 0 Å². The second-order valence-electron chi connectivity index (χ2n) is 8.06. The van der Waals surface area contributed by atoms with E-state index < -0.39 is 5.91 Å². The summed E-state index contributed by atoms with van der Waals surface area (Å²) in [5.41, 5.74) is 3.93. The van der Waals surface area contributed by atoms with Crippen LogP contribution in [-0.4, -0.2) is 21.6 Å². The van der Waals surface area contributed by atoms with Crippen LogP contribution in [-0.2, 0) is 17.8 Å². The summed E-state index contributed by atoms with van der Waals surface area (Å²) in [6.45, 7) is 2.07. The maximum Gasteiger partial charge on any atom is 0.276 e. The van der Waals surface area contributed by atoms with Gasteiger partial charge in [-0.05, 0) is 55.5 Å². The number of benzene rings is 2. The van der Waals surface area contributed by atoms with E-state index in [-0.39, 0.29) is 36.2 Å². The van der Waals surface area contributed by atoms with Crippen molar-refractivity contribution in [3.63, 3.8) is 0 Å². The van der Waals surface area contributed by atoms with E-state index >= 15 is 0 Å². The fourth-order valence-electron chi connectivity index (χ4n) is 3.94. The standard InChI is InChI=1S/C25H26N4O3/c1-17-9-11-19(12-10-17)26-25(32)22-13-14-24(31)29(28-22)16-15-23(30)27-21-8-4-6-18-5-2-3-7-20(18)21/h2-3,5,7,9-14,21H,4,6,8,15-16H2,1H3,(H,26,32)(H,27,30)/t21-/m0/s1. The molecule has 32 heavy (non-hydrogen) atoms. The molecule has 0 saturated heterocycles. The molecule has 0 saturated carbocycles. The lowest BCUT2D eigenvalue weighted by molar-refractivity contribution is -0.122. The van der Waals surface area contributed by atoms with Gasteiger partial charge in [0.1, 0.15) is 5.69 Å². The molecule has 2 amide bonds. The molecule has 1 atom stereocenters. The monoisotopic (exact) mass is 430 g/mol. The minimum atomic E-state index is -0.411. The Morgan fingerprint density at radius 2 is 1.84 bits per heavy atom. The van der Waals surface area contributed by atoms with E-state index in [0.717, 1.165) is 30.4 Å². The fraction of sp³-hybridized carbons (Fsp3) is 0.280. The number of hydrogen-bond donors (Lipinski definition) is 2. The van der Waals surface area contributed by atoms with Crippen LogP contribution in [0.4, 0.5) is 5.69 Å². The highest BCUT2D eigenvalue weighted by Gasteiger charge is 2.21. The zero-order valence-corrected chi connectivity index (χ0v) is 18.0. The highest BCUT2D eigenvalue weighted by Crippen LogP contribution is 2.29. The van der Waals surface area contributed by atoms with Gasteiger partial charge in [-0.25, -0.2) is 4.68 Å². The SMILES string of the molecule is Cc1ccc(NC(=O)c2ccc(=O)n(CCC(=O)N[C@H]3CCCc4ccccc43)n2)cc1. The topological polar surface area (TPSA) is 93.1 Å². The molecule has 0 aliphatic heterocycles. The first-order chi connectivity index (χ1) is 15.5. The van der Waals surface area contributed by atoms with Gasteiger partial charge < -0.3 is 10.6 Å². The van der Waals surface area contributed by atoms with E-state index in [4.69, 9.17) is 0 Å². The van der Waals surface area contributed by atoms with Crippen molar-refractivity contribution in [3.05, 3.63) is 93.4 Å². The Hall–Kier alpha value is -3.74. The third-order valence-corrected chi connectivity index (χ3v) is 5.66. The number of nitrogens with zero attached hydrogens (tertiary/aromatic N) is 2. The Kier molecular flexibility index (Phi) is 6.44. The zero-order chi connectivity index (χ0) is 22.5. The average molecular weight is 431 g/mol. The summed E-state index contributed by atoms with van der Waals surface area (Å²) < 4.78 is 1.17. The molecule has 4 rings (SSSR count). The van der Waals surface area contributed by atoms with Gasteiger partial charge in [-0.1, -0.05) is 42.0 Å². The smallest absolute Gasteiger partial charge is 0.276 e. The molecule has 0 radical (unpaired) electrons. The van der Waals surface area contributed by atoms with Crippen molar-refractivity contribution >= 4 is 17.5 Å². The third kappa shape index (κ3) is 5.11. The van der Waals surface area contributed by atoms with E-state index in [1.807, 2.05) is 31.2 Å². The van der Waals surface area contributed by atoms with Gasteiger partial charge in [-0.15, -0.1) is 0 Å². The minimum Gasteiger partial charge on any atom is -0.349 e. The number of aryl methyl sites for hydroxylation is 3. The molecule has 1 aromatic heterocycles. The highest BCUT2D eigenvalue weighted by atomic mass is 16.2. The van der Waals surface area contributed by atoms with Gasteiger partial charge in [-0.3, -0.25) is 14.4 Å². The van der Waals surface area contributed by atoms with Crippen LogP contribution >= 0.6 is 0 Å². The Labute approximate surface area is 186 Å². The Bertz CT molecular complexity index is 1180. The van der Waals surface area contributed by atoms with Crippen molar-refractivity contribution in [2.24, 2.45) is 0 Å². The predicted molar refractivity (Wildman–Crippen MR) is 123 cm³/mol. The van der Waals surface area contributed by atoms with Crippen molar-refractivity contribution in [1.29, 1.82) is 0 Å². The lowest BCUT2D eigenvalue weighted by Crippen LogP contribution is -2.33. The van der Waals surface area contributed by atoms with Gasteiger partial charge in [-0.2, -0.15) is 5.10 Å². The fourth-order valence-corrected chi connectivity index (χ4v) is 3.94. The second-order valence-corrected chi connectivity index (χ2v) is 8.06. The number of amides is 2. The number of rotatable bonds is 6. The van der Waals surface area contributed by atoms with Gasteiger partial charge in [0, 0.05) is 18.2 Å². The summed E-state index contributed by atoms with van der Waals surface area (Å²) in [7, 11) is 0. The Balaban J connectivity index is 1.38. The zero-order valence-electron chi connectivity index (χ0n) is 18.0. The maximum atomic E-state index is 12.6. The molecular formula is C25H26N4O3. The van der Waals surface area contributed by atoms with Gasteiger partial charge in [0.05, 0.1) is 12.6 Å². The van der Waals surface area contributed by atoms with Gasteiger partial charge in [0.15, 0.2) is 0 Å². The number of carbonyl (C=O) groups excluding carboxylic acids is 2. The third-order valence-electron chi connectivity index (χ3n) is 5.66. The molecule has 164 valence electrons. The molecule has 1 aliphatic rings. The summed E-state index contributed by atoms with van der Waals surface area (Å²) in [5.74, 6) is -0.555. The van der Waals surface area contributed by atoms with Gasteiger partial charge in [0.25, 0.3) is 11.5 Å². The average Bonchev–Trinajstić information content (AvgIpc) is 2.80. The van der Waals surface area contributed by atoms with E-state index in [0.29, 0.717) is 5.69 Å². The van der Waals surface area contributed by atoms with Crippen molar-refractivity contribution in [3.8, 4) is 0 Å². The highest BCUT2D eigenvalue weighted by molar-refractivity contribution is 6.02. The summed E-state index contributed by atoms with van der Waals surface area (Å²) in [6, 6.07) is 18.2. The minimum absolute atomic E-state index is 0.0104. The molecule has 7 nitrogen and oxygen atoms in total. The number of carbonyl (C=O) groups is 2. The largest absolute Gasteiger partial charge is 0.349 e. The van der Waals surface area contributed by atoms with E-state index in [1.165, 1.54) is 22.4 Å². The quantitative estimate of drug-likeness (QED) is 0.627. The molecule has 0 bridgehead atoms. The number of fused-ring (bicyclic) bond motifs is 1. The molecule has 0 fully saturated rings. The lowest BCUT2D eigenvalue weighted by atomic mass is 9.88. The molecular weight excluding hydrogens is 404 g/mol. The Morgan fingerprint density at radius 3 is 2.66 bits per heavy atom. The van der Waals surface area contributed by atoms with Crippen LogP contribution in [0, 0.1) is 6.92 Å². The summed E-state index contributed by atoms with van der Waals surface area (Å²) in [4.78, 5) is 37.3. The van der Waals surface area contributed by atoms with Crippen LogP contribution in [0.2, 0.25) is 0 Å². The van der Waals surface area contributed by atoms with Crippen molar-refractivity contribution in [2.75, 3.05) is 5.32 Å². The molecule has 2 aromatic carbocycles. The number of nitrogens with one attached hydrogen (secondary N) is 2. The van der Waals surface area contributed by atoms with Crippen molar-refractivity contribution < 1.29 is 9.59 Å². The summed E-state index contributed by atoms with van der Waals surface area (Å²) >= 11 is 0. The normalized spacial score (nSPS) is 15.0. The molecule has 1 heterocycles. The van der Waals surface area contributed by atoms with Crippen molar-refractivity contribution in [1.82, 2.24) is 15.1 Å². The Morgan fingerprint density at radius 1 is 1.06 bits per heavy atom. The maximum absolute atomic E-state index is 12.6. The molecule has 7 heteroatoms. The van der Waals surface area contributed by atoms with E-state index in [1.54, 1.807) is 12.1 Å². The number of hydrogen-bond acceptors (Lipinski definition) is 4. The van der Waals surface area contributed by atoms with Crippen LogP contribution in [0.5, 0.6) is 0 Å². The molecule has 2 N–H and O–H groups in total. The number of anilines is 1. The van der Waals surface area contributed by atoms with Crippen LogP contribution in [0.25, 0.3) is 0 Å². The van der Waals surface area contributed by atoms with Crippen LogP contribution < -0.4 is 16.2 Å². The summed E-state index contributed by atoms with van der Waals surface area (Å²) in [6.07, 6.45) is 3.06. The molecule has 3 aromatic rings. The predicted octanol–water partition coefficient (Wildman–Crippen LogP) is 3.39. The van der Waals surface area contributed by atoms with E-state index in [2.05, 4.69) is 27.9 Å². The molecule has 0 spiro atoms.